The second-order valence-electron chi connectivity index (χ2n) is 12.7. The van der Waals surface area contributed by atoms with Gasteiger partial charge in [0, 0.05) is 42.3 Å². The maximum Gasteiger partial charge on any atom is 0.276 e. The third-order valence-corrected chi connectivity index (χ3v) is 10.5. The standard InChI is InChI=1S/C35H37N3O5/c1-22-7-6-10-24(19-22)11-14-31(40)36(2)27-13-12-26-29-20-25-28(38(41)42)21-30(39)33-32(25)35(26,34(27)43-33)16-18-37(29)17-15-23-8-4-3-5-9-23/h3-11,14,19,21,26-27,29,34,39H,12-13,15-18,20H2,1-2H3/t26-,27-,29+,34-,35-/m0/s1. The highest BCUT2D eigenvalue weighted by Gasteiger charge is 2.67. The first kappa shape index (κ1) is 27.7. The van der Waals surface area contributed by atoms with E-state index in [0.29, 0.717) is 17.7 Å². The lowest BCUT2D eigenvalue weighted by Gasteiger charge is -2.60. The molecule has 43 heavy (non-hydrogen) atoms. The number of amides is 1. The Morgan fingerprint density at radius 2 is 2.00 bits per heavy atom. The second kappa shape index (κ2) is 10.5. The lowest BCUT2D eigenvalue weighted by molar-refractivity contribution is -0.385. The Balaban J connectivity index is 1.24. The first-order valence-corrected chi connectivity index (χ1v) is 15.3. The predicted octanol–water partition coefficient (Wildman–Crippen LogP) is 5.43. The average Bonchev–Trinajstić information content (AvgIpc) is 3.35. The van der Waals surface area contributed by atoms with Gasteiger partial charge in [0.25, 0.3) is 5.69 Å². The number of hydrogen-bond acceptors (Lipinski definition) is 6. The van der Waals surface area contributed by atoms with E-state index >= 15 is 0 Å². The number of carbonyl (C=O) groups is 1. The van der Waals surface area contributed by atoms with Crippen LogP contribution in [0.1, 0.15) is 47.1 Å². The number of aryl methyl sites for hydroxylation is 1. The van der Waals surface area contributed by atoms with Crippen LogP contribution in [0, 0.1) is 23.0 Å². The van der Waals surface area contributed by atoms with Gasteiger partial charge in [0.1, 0.15) is 6.10 Å². The number of nitro benzene ring substituents is 1. The van der Waals surface area contributed by atoms with E-state index in [9.17, 15) is 20.0 Å². The van der Waals surface area contributed by atoms with Crippen molar-refractivity contribution >= 4 is 17.7 Å². The van der Waals surface area contributed by atoms with Gasteiger partial charge in [-0.2, -0.15) is 0 Å². The Labute approximate surface area is 251 Å². The monoisotopic (exact) mass is 579 g/mol. The van der Waals surface area contributed by atoms with Crippen molar-refractivity contribution in [1.29, 1.82) is 0 Å². The van der Waals surface area contributed by atoms with E-state index in [1.807, 2.05) is 50.4 Å². The fraction of sp³-hybridized carbons (Fsp3) is 0.400. The van der Waals surface area contributed by atoms with Gasteiger partial charge in [0.15, 0.2) is 11.5 Å². The Kier molecular flexibility index (Phi) is 6.77. The second-order valence-corrected chi connectivity index (χ2v) is 12.7. The van der Waals surface area contributed by atoms with Gasteiger partial charge in [-0.25, -0.2) is 0 Å². The Morgan fingerprint density at radius 3 is 2.77 bits per heavy atom. The Bertz CT molecular complexity index is 1620. The molecule has 3 aromatic carbocycles. The zero-order valence-corrected chi connectivity index (χ0v) is 24.6. The van der Waals surface area contributed by atoms with Crippen molar-refractivity contribution in [1.82, 2.24) is 9.80 Å². The summed E-state index contributed by atoms with van der Waals surface area (Å²) in [6.45, 7) is 3.75. The molecule has 5 atom stereocenters. The largest absolute Gasteiger partial charge is 0.504 e. The van der Waals surface area contributed by atoms with Crippen LogP contribution in [0.25, 0.3) is 6.08 Å². The number of carbonyl (C=O) groups excluding carboxylic acids is 1. The minimum absolute atomic E-state index is 0.0270. The van der Waals surface area contributed by atoms with Crippen LogP contribution in [0.3, 0.4) is 0 Å². The minimum Gasteiger partial charge on any atom is -0.504 e. The summed E-state index contributed by atoms with van der Waals surface area (Å²) < 4.78 is 6.66. The van der Waals surface area contributed by atoms with Crippen molar-refractivity contribution in [3.8, 4) is 11.5 Å². The molecule has 1 amide bonds. The highest BCUT2D eigenvalue weighted by molar-refractivity contribution is 5.92. The summed E-state index contributed by atoms with van der Waals surface area (Å²) in [6, 6.07) is 19.6. The minimum atomic E-state index is -0.488. The van der Waals surface area contributed by atoms with E-state index in [0.717, 1.165) is 55.5 Å². The molecule has 2 aliphatic heterocycles. The van der Waals surface area contributed by atoms with Crippen LogP contribution >= 0.6 is 0 Å². The van der Waals surface area contributed by atoms with E-state index in [1.165, 1.54) is 11.6 Å². The molecule has 1 saturated heterocycles. The van der Waals surface area contributed by atoms with E-state index in [1.54, 1.807) is 11.0 Å². The highest BCUT2D eigenvalue weighted by Crippen LogP contribution is 2.65. The molecule has 0 unspecified atom stereocenters. The molecule has 3 aromatic rings. The van der Waals surface area contributed by atoms with Gasteiger partial charge in [-0.3, -0.25) is 19.8 Å². The maximum atomic E-state index is 13.5. The van der Waals surface area contributed by atoms with Gasteiger partial charge in [-0.1, -0.05) is 60.2 Å². The molecule has 1 saturated carbocycles. The van der Waals surface area contributed by atoms with Crippen LogP contribution in [0.2, 0.25) is 0 Å². The Hall–Kier alpha value is -4.17. The van der Waals surface area contributed by atoms with E-state index in [2.05, 4.69) is 29.2 Å². The van der Waals surface area contributed by atoms with E-state index in [4.69, 9.17) is 4.74 Å². The van der Waals surface area contributed by atoms with Crippen LogP contribution in [0.4, 0.5) is 5.69 Å². The lowest BCUT2D eigenvalue weighted by atomic mass is 9.50. The molecular weight excluding hydrogens is 542 g/mol. The van der Waals surface area contributed by atoms with E-state index < -0.39 is 5.41 Å². The molecule has 0 radical (unpaired) electrons. The lowest BCUT2D eigenvalue weighted by Crippen LogP contribution is -2.69. The van der Waals surface area contributed by atoms with Gasteiger partial charge >= 0.3 is 0 Å². The number of piperidine rings is 1. The summed E-state index contributed by atoms with van der Waals surface area (Å²) in [5.41, 5.74) is 4.38. The first-order chi connectivity index (χ1) is 20.8. The molecule has 4 aliphatic rings. The summed E-state index contributed by atoms with van der Waals surface area (Å²) in [4.78, 5) is 29.7. The summed E-state index contributed by atoms with van der Waals surface area (Å²) >= 11 is 0. The van der Waals surface area contributed by atoms with Gasteiger partial charge in [0.05, 0.1) is 17.0 Å². The highest BCUT2D eigenvalue weighted by atomic mass is 16.6. The molecule has 2 aliphatic carbocycles. The fourth-order valence-electron chi connectivity index (χ4n) is 8.64. The van der Waals surface area contributed by atoms with Crippen LogP contribution in [-0.2, 0) is 23.1 Å². The zero-order chi connectivity index (χ0) is 29.9. The molecule has 7 rings (SSSR count). The topological polar surface area (TPSA) is 96.2 Å². The number of hydrogen-bond donors (Lipinski definition) is 1. The molecule has 2 heterocycles. The number of rotatable bonds is 7. The number of likely N-dealkylation sites (tertiary alicyclic amines) is 1. The smallest absolute Gasteiger partial charge is 0.276 e. The third-order valence-electron chi connectivity index (χ3n) is 10.5. The first-order valence-electron chi connectivity index (χ1n) is 15.3. The SMILES string of the molecule is Cc1cccc(C=CC(=O)N(C)[C@H]2CC[C@H]3[C@H]4Cc5c([N+](=O)[O-])cc(O)c6c5[C@@]3(CCN4CCc3ccccc3)[C@H]2O6)c1. The number of phenolic OH excluding ortho intramolecular Hbond substituents is 1. The van der Waals surface area contributed by atoms with Crippen molar-refractivity contribution in [3.05, 3.63) is 105 Å². The normalized spacial score (nSPS) is 27.0. The van der Waals surface area contributed by atoms with Crippen LogP contribution in [-0.4, -0.2) is 64.1 Å². The molecule has 1 spiro atoms. The van der Waals surface area contributed by atoms with Crippen molar-refractivity contribution in [2.45, 2.75) is 62.6 Å². The van der Waals surface area contributed by atoms with Crippen molar-refractivity contribution < 1.29 is 19.6 Å². The van der Waals surface area contributed by atoms with E-state index in [-0.39, 0.29) is 46.4 Å². The molecule has 2 bridgehead atoms. The number of ether oxygens (including phenoxy) is 1. The van der Waals surface area contributed by atoms with Gasteiger partial charge < -0.3 is 14.7 Å². The number of nitro groups is 1. The predicted molar refractivity (Wildman–Crippen MR) is 164 cm³/mol. The average molecular weight is 580 g/mol. The van der Waals surface area contributed by atoms with Gasteiger partial charge in [0.2, 0.25) is 5.91 Å². The summed E-state index contributed by atoms with van der Waals surface area (Å²) in [5.74, 6) is 0.323. The van der Waals surface area contributed by atoms with Gasteiger partial charge in [-0.05, 0) is 68.7 Å². The number of aromatic hydroxyl groups is 1. The van der Waals surface area contributed by atoms with Crippen LogP contribution in [0.15, 0.2) is 66.7 Å². The van der Waals surface area contributed by atoms with Crippen molar-refractivity contribution in [3.63, 3.8) is 0 Å². The van der Waals surface area contributed by atoms with Crippen LogP contribution in [0.5, 0.6) is 11.5 Å². The molecule has 222 valence electrons. The summed E-state index contributed by atoms with van der Waals surface area (Å²) in [7, 11) is 1.83. The quantitative estimate of drug-likeness (QED) is 0.228. The number of nitrogens with zero attached hydrogens (tertiary/aromatic N) is 3. The molecule has 2 fully saturated rings. The maximum absolute atomic E-state index is 13.5. The van der Waals surface area contributed by atoms with Crippen LogP contribution < -0.4 is 4.74 Å². The molecule has 8 nitrogen and oxygen atoms in total. The third kappa shape index (κ3) is 4.42. The molecule has 1 N–H and O–H groups in total. The number of benzene rings is 3. The summed E-state index contributed by atoms with van der Waals surface area (Å²) in [5, 5.41) is 23.3. The zero-order valence-electron chi connectivity index (χ0n) is 24.6. The molecular formula is C35H37N3O5. The molecule has 0 aromatic heterocycles. The number of phenols is 1. The summed E-state index contributed by atoms with van der Waals surface area (Å²) in [6.07, 6.45) is 6.99. The Morgan fingerprint density at radius 1 is 1.19 bits per heavy atom. The fourth-order valence-corrected chi connectivity index (χ4v) is 8.64. The van der Waals surface area contributed by atoms with Crippen molar-refractivity contribution in [2.24, 2.45) is 5.92 Å². The number of likely N-dealkylation sites (N-methyl/N-ethyl adjacent to an activating group) is 1. The van der Waals surface area contributed by atoms with Crippen molar-refractivity contribution in [2.75, 3.05) is 20.1 Å². The molecule has 8 heteroatoms. The van der Waals surface area contributed by atoms with Gasteiger partial charge in [-0.15, -0.1) is 0 Å².